The van der Waals surface area contributed by atoms with Crippen LogP contribution in [-0.4, -0.2) is 77.2 Å². The molecule has 6 rings (SSSR count). The van der Waals surface area contributed by atoms with Crippen molar-refractivity contribution in [1.29, 1.82) is 0 Å². The number of furan rings is 1. The summed E-state index contributed by atoms with van der Waals surface area (Å²) in [6.07, 6.45) is 1.54. The Balaban J connectivity index is 1.15. The van der Waals surface area contributed by atoms with Gasteiger partial charge in [0, 0.05) is 45.0 Å². The second-order valence-electron chi connectivity index (χ2n) is 8.82. The minimum atomic E-state index is -3.46. The van der Waals surface area contributed by atoms with E-state index in [-0.39, 0.29) is 15.7 Å². The first-order valence-electron chi connectivity index (χ1n) is 11.9. The van der Waals surface area contributed by atoms with Crippen molar-refractivity contribution >= 4 is 49.0 Å². The molecule has 0 unspecified atom stereocenters. The van der Waals surface area contributed by atoms with Crippen LogP contribution in [0.15, 0.2) is 56.8 Å². The Labute approximate surface area is 221 Å². The number of piperazine rings is 1. The molecule has 13 nitrogen and oxygen atoms in total. The van der Waals surface area contributed by atoms with Gasteiger partial charge in [0.25, 0.3) is 0 Å². The van der Waals surface area contributed by atoms with Crippen LogP contribution in [0.5, 0.6) is 0 Å². The van der Waals surface area contributed by atoms with E-state index in [2.05, 4.69) is 29.6 Å². The molecule has 1 aliphatic rings. The van der Waals surface area contributed by atoms with E-state index >= 15 is 0 Å². The smallest absolute Gasteiger partial charge is 0.309 e. The molecule has 0 atom stereocenters. The standard InChI is InChI=1S/C23H25N9O4S2/c1-25-38(34,35)16-6-4-15(5-7-16)30-11-8-29(9-12-30)10-13-31-20-18(37-23(31)33)21-26-19(17-3-2-14-36-17)28-32(21)22(24)27-20/h2-7,14,25H,8-13H2,1H3,(H2,24,27). The summed E-state index contributed by atoms with van der Waals surface area (Å²) in [5.74, 6) is 1.03. The van der Waals surface area contributed by atoms with Crippen molar-refractivity contribution in [2.75, 3.05) is 50.4 Å². The Morgan fingerprint density at radius 1 is 1.05 bits per heavy atom. The Bertz CT molecular complexity index is 1770. The van der Waals surface area contributed by atoms with E-state index in [1.54, 1.807) is 35.1 Å². The molecule has 1 saturated heterocycles. The highest BCUT2D eigenvalue weighted by Crippen LogP contribution is 2.26. The van der Waals surface area contributed by atoms with Crippen molar-refractivity contribution < 1.29 is 12.8 Å². The first-order chi connectivity index (χ1) is 18.3. The quantitative estimate of drug-likeness (QED) is 0.298. The molecule has 198 valence electrons. The molecule has 5 heterocycles. The van der Waals surface area contributed by atoms with E-state index < -0.39 is 10.0 Å². The van der Waals surface area contributed by atoms with Crippen molar-refractivity contribution in [3.63, 3.8) is 0 Å². The second kappa shape index (κ2) is 9.50. The molecule has 1 fully saturated rings. The lowest BCUT2D eigenvalue weighted by Gasteiger charge is -2.36. The summed E-state index contributed by atoms with van der Waals surface area (Å²) < 4.78 is 35.3. The number of nitrogen functional groups attached to an aromatic ring is 1. The van der Waals surface area contributed by atoms with Crippen LogP contribution in [0, 0.1) is 0 Å². The normalized spacial score (nSPS) is 15.1. The molecular weight excluding hydrogens is 530 g/mol. The van der Waals surface area contributed by atoms with Crippen molar-refractivity contribution in [2.45, 2.75) is 11.4 Å². The summed E-state index contributed by atoms with van der Waals surface area (Å²) in [6, 6.07) is 10.4. The number of sulfonamides is 1. The fraction of sp³-hybridized carbons (Fsp3) is 0.304. The van der Waals surface area contributed by atoms with E-state index in [0.29, 0.717) is 40.7 Å². The van der Waals surface area contributed by atoms with Crippen molar-refractivity contribution in [2.24, 2.45) is 0 Å². The summed E-state index contributed by atoms with van der Waals surface area (Å²) >= 11 is 1.08. The third kappa shape index (κ3) is 4.32. The van der Waals surface area contributed by atoms with E-state index in [0.717, 1.165) is 43.2 Å². The number of thiazole rings is 1. The lowest BCUT2D eigenvalue weighted by molar-refractivity contribution is 0.248. The topological polar surface area (TPSA) is 157 Å². The fourth-order valence-electron chi connectivity index (χ4n) is 4.56. The molecule has 15 heteroatoms. The van der Waals surface area contributed by atoms with Crippen LogP contribution >= 0.6 is 11.3 Å². The highest BCUT2D eigenvalue weighted by molar-refractivity contribution is 7.89. The summed E-state index contributed by atoms with van der Waals surface area (Å²) in [4.78, 5) is 26.6. The van der Waals surface area contributed by atoms with Crippen molar-refractivity contribution in [3.8, 4) is 11.6 Å². The maximum Gasteiger partial charge on any atom is 0.309 e. The lowest BCUT2D eigenvalue weighted by Crippen LogP contribution is -2.47. The summed E-state index contributed by atoms with van der Waals surface area (Å²) in [5, 5.41) is 4.39. The highest BCUT2D eigenvalue weighted by atomic mass is 32.2. The lowest BCUT2D eigenvalue weighted by atomic mass is 10.2. The van der Waals surface area contributed by atoms with E-state index in [4.69, 9.17) is 10.2 Å². The molecule has 0 radical (unpaired) electrons. The SMILES string of the molecule is CNS(=O)(=O)c1ccc(N2CCN(CCn3c(=O)sc4c3nc(N)n3nc(-c5ccco5)nc43)CC2)cc1. The first kappa shape index (κ1) is 24.5. The van der Waals surface area contributed by atoms with E-state index in [9.17, 15) is 13.2 Å². The number of rotatable bonds is 7. The number of aromatic nitrogens is 5. The van der Waals surface area contributed by atoms with Gasteiger partial charge in [-0.25, -0.2) is 18.1 Å². The predicted molar refractivity (Wildman–Crippen MR) is 144 cm³/mol. The largest absolute Gasteiger partial charge is 0.461 e. The van der Waals surface area contributed by atoms with Crippen LogP contribution in [0.2, 0.25) is 0 Å². The molecule has 3 N–H and O–H groups in total. The molecule has 0 amide bonds. The molecular formula is C23H25N9O4S2. The highest BCUT2D eigenvalue weighted by Gasteiger charge is 2.22. The summed E-state index contributed by atoms with van der Waals surface area (Å²) in [5.41, 5.74) is 8.12. The Morgan fingerprint density at radius 3 is 2.50 bits per heavy atom. The third-order valence-corrected chi connectivity index (χ3v) is 9.05. The molecule has 0 aliphatic carbocycles. The van der Waals surface area contributed by atoms with Crippen molar-refractivity contribution in [3.05, 3.63) is 52.3 Å². The molecule has 5 aromatic rings. The molecule has 0 bridgehead atoms. The zero-order valence-corrected chi connectivity index (χ0v) is 22.1. The third-order valence-electron chi connectivity index (χ3n) is 6.65. The van der Waals surface area contributed by atoms with E-state index in [1.807, 2.05) is 12.1 Å². The zero-order chi connectivity index (χ0) is 26.4. The van der Waals surface area contributed by atoms with Gasteiger partial charge in [-0.2, -0.15) is 9.50 Å². The van der Waals surface area contributed by atoms with Gasteiger partial charge in [-0.05, 0) is 43.4 Å². The average molecular weight is 556 g/mol. The molecule has 38 heavy (non-hydrogen) atoms. The number of hydrogen-bond donors (Lipinski definition) is 2. The number of nitrogens with zero attached hydrogens (tertiary/aromatic N) is 7. The van der Waals surface area contributed by atoms with Crippen LogP contribution in [0.4, 0.5) is 11.6 Å². The minimum Gasteiger partial charge on any atom is -0.461 e. The molecule has 1 aromatic carbocycles. The Kier molecular flexibility index (Phi) is 6.14. The van der Waals surface area contributed by atoms with Gasteiger partial charge in [0.05, 0.1) is 11.2 Å². The van der Waals surface area contributed by atoms with Gasteiger partial charge in [-0.3, -0.25) is 14.3 Å². The predicted octanol–water partition coefficient (Wildman–Crippen LogP) is 1.07. The first-order valence-corrected chi connectivity index (χ1v) is 14.2. The van der Waals surface area contributed by atoms with Gasteiger partial charge in [-0.1, -0.05) is 11.3 Å². The summed E-state index contributed by atoms with van der Waals surface area (Å²) in [6.45, 7) is 4.35. The van der Waals surface area contributed by atoms with Crippen LogP contribution in [0.25, 0.3) is 27.6 Å². The maximum absolute atomic E-state index is 12.9. The van der Waals surface area contributed by atoms with Gasteiger partial charge in [0.1, 0.15) is 4.70 Å². The van der Waals surface area contributed by atoms with Crippen LogP contribution in [-0.2, 0) is 16.6 Å². The van der Waals surface area contributed by atoms with Crippen LogP contribution in [0.1, 0.15) is 0 Å². The minimum absolute atomic E-state index is 0.127. The molecule has 1 aliphatic heterocycles. The number of nitrogens with one attached hydrogen (secondary N) is 1. The van der Waals surface area contributed by atoms with Crippen LogP contribution in [0.3, 0.4) is 0 Å². The van der Waals surface area contributed by atoms with Gasteiger partial charge >= 0.3 is 4.87 Å². The molecule has 4 aromatic heterocycles. The number of benzene rings is 1. The number of anilines is 2. The zero-order valence-electron chi connectivity index (χ0n) is 20.4. The number of fused-ring (bicyclic) bond motifs is 3. The van der Waals surface area contributed by atoms with Gasteiger partial charge < -0.3 is 15.1 Å². The number of hydrogen-bond acceptors (Lipinski definition) is 11. The molecule has 0 spiro atoms. The van der Waals surface area contributed by atoms with E-state index in [1.165, 1.54) is 11.6 Å². The van der Waals surface area contributed by atoms with Crippen LogP contribution < -0.4 is 20.2 Å². The van der Waals surface area contributed by atoms with Gasteiger partial charge in [0.2, 0.25) is 21.8 Å². The summed E-state index contributed by atoms with van der Waals surface area (Å²) in [7, 11) is -2.06. The second-order valence-corrected chi connectivity index (χ2v) is 11.7. The maximum atomic E-state index is 12.9. The average Bonchev–Trinajstić information content (AvgIpc) is 3.67. The monoisotopic (exact) mass is 555 g/mol. The Morgan fingerprint density at radius 2 is 1.82 bits per heavy atom. The van der Waals surface area contributed by atoms with Crippen molar-refractivity contribution in [1.82, 2.24) is 33.8 Å². The fourth-order valence-corrected chi connectivity index (χ4v) is 6.22. The number of nitrogens with two attached hydrogens (primary N) is 1. The van der Waals surface area contributed by atoms with Gasteiger partial charge in [0.15, 0.2) is 17.1 Å². The van der Waals surface area contributed by atoms with Gasteiger partial charge in [-0.15, -0.1) is 5.10 Å². The molecule has 0 saturated carbocycles. The Hall–Kier alpha value is -3.79.